The maximum Gasteiger partial charge on any atom is 0.0725 e. The minimum absolute atomic E-state index is 0.221. The van der Waals surface area contributed by atoms with Gasteiger partial charge in [0.2, 0.25) is 0 Å². The zero-order valence-electron chi connectivity index (χ0n) is 16.8. The number of benzene rings is 4. The lowest BCUT2D eigenvalue weighted by atomic mass is 9.70. The molecule has 1 heteroatoms. The van der Waals surface area contributed by atoms with Crippen molar-refractivity contribution in [2.45, 2.75) is 12.0 Å². The Labute approximate surface area is 172 Å². The van der Waals surface area contributed by atoms with Crippen LogP contribution in [0.5, 0.6) is 0 Å². The Morgan fingerprint density at radius 3 is 1.48 bits per heavy atom. The van der Waals surface area contributed by atoms with Crippen LogP contribution in [0.15, 0.2) is 91.0 Å². The highest BCUT2D eigenvalue weighted by Gasteiger charge is 2.51. The van der Waals surface area contributed by atoms with Crippen LogP contribution in [0.3, 0.4) is 0 Å². The predicted octanol–water partition coefficient (Wildman–Crippen LogP) is 6.09. The van der Waals surface area contributed by atoms with Crippen LogP contribution in [0.4, 0.5) is 0 Å². The Bertz CT molecular complexity index is 1200. The summed E-state index contributed by atoms with van der Waals surface area (Å²) in [5.74, 6) is 0. The number of nitrogens with zero attached hydrogens (tertiary/aromatic N) is 1. The topological polar surface area (TPSA) is 3.24 Å². The highest BCUT2D eigenvalue weighted by molar-refractivity contribution is 5.94. The molecule has 4 aromatic rings. The summed E-state index contributed by atoms with van der Waals surface area (Å²) >= 11 is 0. The maximum atomic E-state index is 2.45. The highest BCUT2D eigenvalue weighted by Crippen LogP contribution is 2.62. The van der Waals surface area contributed by atoms with Crippen molar-refractivity contribution in [1.82, 2.24) is 4.90 Å². The lowest BCUT2D eigenvalue weighted by molar-refractivity contribution is 0.402. The van der Waals surface area contributed by atoms with Crippen molar-refractivity contribution < 1.29 is 0 Å². The van der Waals surface area contributed by atoms with Crippen LogP contribution in [0.1, 0.15) is 27.8 Å². The first-order valence-corrected chi connectivity index (χ1v) is 10.3. The molecule has 2 aliphatic rings. The molecule has 0 aliphatic heterocycles. The zero-order chi connectivity index (χ0) is 19.6. The second-order valence-corrected chi connectivity index (χ2v) is 8.50. The summed E-state index contributed by atoms with van der Waals surface area (Å²) in [7, 11) is 4.27. The molecule has 0 unspecified atom stereocenters. The Morgan fingerprint density at radius 2 is 1.00 bits per heavy atom. The van der Waals surface area contributed by atoms with E-state index in [1.165, 1.54) is 50.1 Å². The monoisotopic (exact) mass is 373 g/mol. The molecule has 1 spiro atoms. The fourth-order valence-electron chi connectivity index (χ4n) is 5.61. The van der Waals surface area contributed by atoms with Crippen LogP contribution in [0.25, 0.3) is 22.3 Å². The number of fused-ring (bicyclic) bond motifs is 10. The Kier molecular flexibility index (Phi) is 3.42. The van der Waals surface area contributed by atoms with E-state index in [1.807, 2.05) is 0 Å². The second-order valence-electron chi connectivity index (χ2n) is 8.50. The van der Waals surface area contributed by atoms with Gasteiger partial charge in [-0.1, -0.05) is 91.0 Å². The highest BCUT2D eigenvalue weighted by atomic mass is 15.0. The van der Waals surface area contributed by atoms with E-state index in [-0.39, 0.29) is 5.41 Å². The summed E-state index contributed by atoms with van der Waals surface area (Å²) < 4.78 is 0. The zero-order valence-corrected chi connectivity index (χ0v) is 16.8. The molecule has 0 atom stereocenters. The molecule has 0 aromatic heterocycles. The predicted molar refractivity (Wildman–Crippen MR) is 120 cm³/mol. The van der Waals surface area contributed by atoms with Crippen LogP contribution in [0, 0.1) is 0 Å². The third kappa shape index (κ3) is 2.08. The Hall–Kier alpha value is -3.16. The summed E-state index contributed by atoms with van der Waals surface area (Å²) in [6.45, 7) is 0.947. The van der Waals surface area contributed by atoms with Gasteiger partial charge in [-0.05, 0) is 64.2 Å². The summed E-state index contributed by atoms with van der Waals surface area (Å²) in [5.41, 5.74) is 12.3. The Balaban J connectivity index is 1.77. The van der Waals surface area contributed by atoms with Crippen LogP contribution in [-0.2, 0) is 12.0 Å². The van der Waals surface area contributed by atoms with E-state index in [9.17, 15) is 0 Å². The average Bonchev–Trinajstić information content (AvgIpc) is 3.20. The molecule has 1 nitrogen and oxygen atoms in total. The minimum Gasteiger partial charge on any atom is -0.305 e. The SMILES string of the molecule is CN(C)Cc1ccc2c(c1)C1(c3ccccc3-c3ccccc31)c1ccccc1-2. The van der Waals surface area contributed by atoms with Gasteiger partial charge in [0.15, 0.2) is 0 Å². The normalized spacial score (nSPS) is 14.6. The molecule has 140 valence electrons. The molecule has 4 aromatic carbocycles. The molecule has 0 saturated carbocycles. The molecule has 0 fully saturated rings. The van der Waals surface area contributed by atoms with Crippen molar-refractivity contribution >= 4 is 0 Å². The van der Waals surface area contributed by atoms with E-state index >= 15 is 0 Å². The van der Waals surface area contributed by atoms with Gasteiger partial charge in [0.05, 0.1) is 5.41 Å². The minimum atomic E-state index is -0.221. The van der Waals surface area contributed by atoms with E-state index in [4.69, 9.17) is 0 Å². The van der Waals surface area contributed by atoms with Crippen LogP contribution < -0.4 is 0 Å². The standard InChI is InChI=1S/C28H23N/c1-29(2)18-19-15-16-23-22-11-5-8-14-26(22)28(27(23)17-19)24-12-6-3-9-20(24)21-10-4-7-13-25(21)28/h3-17H,18H2,1-2H3. The van der Waals surface area contributed by atoms with Crippen LogP contribution in [0.2, 0.25) is 0 Å². The first kappa shape index (κ1) is 16.8. The van der Waals surface area contributed by atoms with Gasteiger partial charge in [-0.25, -0.2) is 0 Å². The van der Waals surface area contributed by atoms with Crippen molar-refractivity contribution in [2.24, 2.45) is 0 Å². The lowest BCUT2D eigenvalue weighted by Gasteiger charge is -2.30. The molecule has 2 aliphatic carbocycles. The van der Waals surface area contributed by atoms with Gasteiger partial charge in [-0.15, -0.1) is 0 Å². The fraction of sp³-hybridized carbons (Fsp3) is 0.143. The van der Waals surface area contributed by atoms with Gasteiger partial charge in [0, 0.05) is 6.54 Å². The molecular formula is C28H23N. The molecule has 0 radical (unpaired) electrons. The van der Waals surface area contributed by atoms with Gasteiger partial charge in [0.25, 0.3) is 0 Å². The van der Waals surface area contributed by atoms with E-state index in [0.29, 0.717) is 0 Å². The smallest absolute Gasteiger partial charge is 0.0725 e. The van der Waals surface area contributed by atoms with Crippen LogP contribution >= 0.6 is 0 Å². The maximum absolute atomic E-state index is 2.45. The first-order chi connectivity index (χ1) is 14.2. The van der Waals surface area contributed by atoms with Gasteiger partial charge in [-0.2, -0.15) is 0 Å². The largest absolute Gasteiger partial charge is 0.305 e. The molecule has 29 heavy (non-hydrogen) atoms. The van der Waals surface area contributed by atoms with Crippen molar-refractivity contribution in [3.63, 3.8) is 0 Å². The number of hydrogen-bond donors (Lipinski definition) is 0. The summed E-state index contributed by atoms with van der Waals surface area (Å²) in [6, 6.07) is 34.0. The van der Waals surface area contributed by atoms with Gasteiger partial charge in [-0.3, -0.25) is 0 Å². The van der Waals surface area contributed by atoms with Crippen molar-refractivity contribution in [1.29, 1.82) is 0 Å². The molecule has 0 amide bonds. The van der Waals surface area contributed by atoms with Crippen LogP contribution in [-0.4, -0.2) is 19.0 Å². The van der Waals surface area contributed by atoms with E-state index in [1.54, 1.807) is 0 Å². The summed E-state index contributed by atoms with van der Waals surface area (Å²) in [5, 5.41) is 0. The van der Waals surface area contributed by atoms with Gasteiger partial charge in [0.1, 0.15) is 0 Å². The number of hydrogen-bond acceptors (Lipinski definition) is 1. The third-order valence-electron chi connectivity index (χ3n) is 6.56. The molecule has 6 rings (SSSR count). The fourth-order valence-corrected chi connectivity index (χ4v) is 5.61. The lowest BCUT2D eigenvalue weighted by Crippen LogP contribution is -2.26. The first-order valence-electron chi connectivity index (χ1n) is 10.3. The number of rotatable bonds is 2. The quantitative estimate of drug-likeness (QED) is 0.355. The summed E-state index contributed by atoms with van der Waals surface area (Å²) in [6.07, 6.45) is 0. The van der Waals surface area contributed by atoms with Gasteiger partial charge >= 0.3 is 0 Å². The van der Waals surface area contributed by atoms with Crippen molar-refractivity contribution in [3.8, 4) is 22.3 Å². The third-order valence-corrected chi connectivity index (χ3v) is 6.56. The van der Waals surface area contributed by atoms with Gasteiger partial charge < -0.3 is 4.90 Å². The molecule has 0 heterocycles. The summed E-state index contributed by atoms with van der Waals surface area (Å²) in [4.78, 5) is 2.24. The average molecular weight is 373 g/mol. The van der Waals surface area contributed by atoms with Crippen molar-refractivity contribution in [3.05, 3.63) is 119 Å². The molecule has 0 N–H and O–H groups in total. The molecule has 0 bridgehead atoms. The molecular weight excluding hydrogens is 350 g/mol. The Morgan fingerprint density at radius 1 is 0.552 bits per heavy atom. The van der Waals surface area contributed by atoms with E-state index in [0.717, 1.165) is 6.54 Å². The van der Waals surface area contributed by atoms with E-state index < -0.39 is 0 Å². The van der Waals surface area contributed by atoms with Crippen molar-refractivity contribution in [2.75, 3.05) is 14.1 Å². The molecule has 0 saturated heterocycles. The van der Waals surface area contributed by atoms with E-state index in [2.05, 4.69) is 110 Å². The second kappa shape index (κ2) is 5.92.